The maximum absolute atomic E-state index is 11.6. The summed E-state index contributed by atoms with van der Waals surface area (Å²) in [7, 11) is -3.13. The summed E-state index contributed by atoms with van der Waals surface area (Å²) < 4.78 is 25.4. The van der Waals surface area contributed by atoms with E-state index in [-0.39, 0.29) is 6.04 Å². The van der Waals surface area contributed by atoms with E-state index in [0.717, 1.165) is 24.9 Å². The van der Waals surface area contributed by atoms with Gasteiger partial charge < -0.3 is 9.72 Å². The van der Waals surface area contributed by atoms with Crippen LogP contribution < -0.4 is 5.32 Å². The Kier molecular flexibility index (Phi) is 4.78. The molecule has 6 heteroatoms. The van der Waals surface area contributed by atoms with E-state index in [9.17, 15) is 8.42 Å². The van der Waals surface area contributed by atoms with Crippen LogP contribution in [0.3, 0.4) is 0 Å². The van der Waals surface area contributed by atoms with Gasteiger partial charge in [0.05, 0.1) is 16.8 Å². The Labute approximate surface area is 160 Å². The van der Waals surface area contributed by atoms with Gasteiger partial charge in [-0.25, -0.2) is 13.4 Å². The first-order chi connectivity index (χ1) is 12.9. The summed E-state index contributed by atoms with van der Waals surface area (Å²) in [6.07, 6.45) is 8.56. The van der Waals surface area contributed by atoms with E-state index in [0.29, 0.717) is 16.9 Å². The minimum atomic E-state index is -3.13. The van der Waals surface area contributed by atoms with E-state index in [1.165, 1.54) is 17.5 Å². The predicted octanol–water partition coefficient (Wildman–Crippen LogP) is 3.72. The first-order valence-corrected chi connectivity index (χ1v) is 11.3. The van der Waals surface area contributed by atoms with Crippen molar-refractivity contribution >= 4 is 15.5 Å². The van der Waals surface area contributed by atoms with Crippen LogP contribution >= 0.6 is 0 Å². The lowest BCUT2D eigenvalue weighted by molar-refractivity contribution is 0.449. The van der Waals surface area contributed by atoms with Crippen LogP contribution in [0.1, 0.15) is 49.4 Å². The highest BCUT2D eigenvalue weighted by atomic mass is 32.2. The lowest BCUT2D eigenvalue weighted by Gasteiger charge is -2.20. The molecule has 1 N–H and O–H groups in total. The van der Waals surface area contributed by atoms with E-state index in [1.54, 1.807) is 12.1 Å². The van der Waals surface area contributed by atoms with E-state index >= 15 is 0 Å². The van der Waals surface area contributed by atoms with Crippen molar-refractivity contribution in [2.24, 2.45) is 0 Å². The summed E-state index contributed by atoms with van der Waals surface area (Å²) in [5, 5.41) is 3.75. The molecule has 3 atom stereocenters. The number of fused-ring (bicyclic) bond motifs is 1. The first kappa shape index (κ1) is 18.2. The molecule has 1 fully saturated rings. The molecule has 1 aliphatic rings. The molecular formula is C21H25N3O2S. The SMILES string of the molecule is C[C@@H](NC1CC[C@H](c2ccc(S(C)(=O)=O)cc2)C1)c1cnc2ccccn12. The highest BCUT2D eigenvalue weighted by Gasteiger charge is 2.27. The van der Waals surface area contributed by atoms with E-state index in [1.807, 2.05) is 36.5 Å². The number of nitrogens with one attached hydrogen (secondary N) is 1. The van der Waals surface area contributed by atoms with Gasteiger partial charge in [-0.2, -0.15) is 0 Å². The van der Waals surface area contributed by atoms with Gasteiger partial charge in [-0.05, 0) is 61.9 Å². The second kappa shape index (κ2) is 7.09. The molecule has 1 saturated carbocycles. The monoisotopic (exact) mass is 383 g/mol. The molecular weight excluding hydrogens is 358 g/mol. The van der Waals surface area contributed by atoms with Crippen molar-refractivity contribution in [2.45, 2.75) is 49.1 Å². The number of rotatable bonds is 5. The maximum Gasteiger partial charge on any atom is 0.175 e. The standard InChI is InChI=1S/C21H25N3O2S/c1-15(20-14-22-21-5-3-4-12-24(20)21)23-18-9-6-17(13-18)16-7-10-19(11-8-16)27(2,25)26/h3-5,7-8,10-12,14-15,17-18,23H,6,9,13H2,1-2H3/t15-,17+,18?/m1/s1. The minimum absolute atomic E-state index is 0.221. The van der Waals surface area contributed by atoms with Gasteiger partial charge >= 0.3 is 0 Å². The molecule has 1 aliphatic carbocycles. The Morgan fingerprint density at radius 3 is 2.67 bits per heavy atom. The molecule has 142 valence electrons. The number of hydrogen-bond acceptors (Lipinski definition) is 4. The van der Waals surface area contributed by atoms with Crippen LogP contribution in [0.15, 0.2) is 59.8 Å². The Hall–Kier alpha value is -2.18. The number of aromatic nitrogens is 2. The number of sulfone groups is 1. The first-order valence-electron chi connectivity index (χ1n) is 9.40. The van der Waals surface area contributed by atoms with Gasteiger partial charge in [0.15, 0.2) is 9.84 Å². The Morgan fingerprint density at radius 2 is 1.93 bits per heavy atom. The number of nitrogens with zero attached hydrogens (tertiary/aromatic N) is 2. The third kappa shape index (κ3) is 3.77. The highest BCUT2D eigenvalue weighted by molar-refractivity contribution is 7.90. The largest absolute Gasteiger partial charge is 0.306 e. The highest BCUT2D eigenvalue weighted by Crippen LogP contribution is 2.35. The molecule has 0 aliphatic heterocycles. The van der Waals surface area contributed by atoms with Crippen molar-refractivity contribution in [1.29, 1.82) is 0 Å². The molecule has 0 bridgehead atoms. The molecule has 2 aromatic heterocycles. The molecule has 27 heavy (non-hydrogen) atoms. The van der Waals surface area contributed by atoms with Crippen LogP contribution in [0.25, 0.3) is 5.65 Å². The Bertz CT molecular complexity index is 1040. The van der Waals surface area contributed by atoms with Crippen molar-refractivity contribution in [3.8, 4) is 0 Å². The number of pyridine rings is 1. The molecule has 0 saturated heterocycles. The van der Waals surface area contributed by atoms with Crippen molar-refractivity contribution < 1.29 is 8.42 Å². The summed E-state index contributed by atoms with van der Waals surface area (Å²) in [5.41, 5.74) is 3.37. The van der Waals surface area contributed by atoms with Gasteiger partial charge in [0, 0.05) is 24.5 Å². The van der Waals surface area contributed by atoms with Gasteiger partial charge in [0.2, 0.25) is 0 Å². The lowest BCUT2D eigenvalue weighted by Crippen LogP contribution is -2.30. The van der Waals surface area contributed by atoms with Gasteiger partial charge in [-0.15, -0.1) is 0 Å². The smallest absolute Gasteiger partial charge is 0.175 e. The van der Waals surface area contributed by atoms with Crippen molar-refractivity contribution in [2.75, 3.05) is 6.26 Å². The Morgan fingerprint density at radius 1 is 1.15 bits per heavy atom. The molecule has 0 spiro atoms. The molecule has 1 unspecified atom stereocenters. The van der Waals surface area contributed by atoms with E-state index < -0.39 is 9.84 Å². The van der Waals surface area contributed by atoms with E-state index in [4.69, 9.17) is 0 Å². The number of imidazole rings is 1. The topological polar surface area (TPSA) is 63.5 Å². The fraction of sp³-hybridized carbons (Fsp3) is 0.381. The number of benzene rings is 1. The van der Waals surface area contributed by atoms with E-state index in [2.05, 4.69) is 27.8 Å². The zero-order valence-corrected chi connectivity index (χ0v) is 16.5. The van der Waals surface area contributed by atoms with Crippen LogP contribution in [-0.2, 0) is 9.84 Å². The third-order valence-corrected chi connectivity index (χ3v) is 6.72. The normalized spacial score (nSPS) is 21.6. The summed E-state index contributed by atoms with van der Waals surface area (Å²) in [4.78, 5) is 4.87. The van der Waals surface area contributed by atoms with Crippen molar-refractivity contribution in [3.63, 3.8) is 0 Å². The van der Waals surface area contributed by atoms with Crippen LogP contribution in [0.4, 0.5) is 0 Å². The second-order valence-corrected chi connectivity index (χ2v) is 9.56. The Balaban J connectivity index is 1.42. The van der Waals surface area contributed by atoms with Gasteiger partial charge in [-0.3, -0.25) is 0 Å². The molecule has 1 aromatic carbocycles. The van der Waals surface area contributed by atoms with Crippen LogP contribution in [0.2, 0.25) is 0 Å². The quantitative estimate of drug-likeness (QED) is 0.729. The average Bonchev–Trinajstić information content (AvgIpc) is 3.28. The van der Waals surface area contributed by atoms with Crippen molar-refractivity contribution in [1.82, 2.24) is 14.7 Å². The minimum Gasteiger partial charge on any atom is -0.306 e. The summed E-state index contributed by atoms with van der Waals surface area (Å²) in [5.74, 6) is 0.477. The van der Waals surface area contributed by atoms with Crippen LogP contribution in [0, 0.1) is 0 Å². The molecule has 2 heterocycles. The summed E-state index contributed by atoms with van der Waals surface area (Å²) in [6, 6.07) is 14.1. The molecule has 4 rings (SSSR count). The zero-order valence-electron chi connectivity index (χ0n) is 15.7. The molecule has 3 aromatic rings. The van der Waals surface area contributed by atoms with Crippen LogP contribution in [0.5, 0.6) is 0 Å². The molecule has 0 amide bonds. The van der Waals surface area contributed by atoms with Gasteiger partial charge in [0.1, 0.15) is 5.65 Å². The number of hydrogen-bond donors (Lipinski definition) is 1. The molecule has 0 radical (unpaired) electrons. The van der Waals surface area contributed by atoms with Crippen molar-refractivity contribution in [3.05, 3.63) is 66.1 Å². The fourth-order valence-electron chi connectivity index (χ4n) is 4.13. The third-order valence-electron chi connectivity index (χ3n) is 5.59. The second-order valence-electron chi connectivity index (χ2n) is 7.55. The summed E-state index contributed by atoms with van der Waals surface area (Å²) >= 11 is 0. The van der Waals surface area contributed by atoms with Gasteiger partial charge in [-0.1, -0.05) is 18.2 Å². The fourth-order valence-corrected chi connectivity index (χ4v) is 4.76. The lowest BCUT2D eigenvalue weighted by atomic mass is 9.97. The maximum atomic E-state index is 11.6. The molecule has 5 nitrogen and oxygen atoms in total. The average molecular weight is 384 g/mol. The van der Waals surface area contributed by atoms with Crippen LogP contribution in [-0.4, -0.2) is 30.1 Å². The van der Waals surface area contributed by atoms with Gasteiger partial charge in [0.25, 0.3) is 0 Å². The zero-order chi connectivity index (χ0) is 19.0. The predicted molar refractivity (Wildman–Crippen MR) is 107 cm³/mol. The summed E-state index contributed by atoms with van der Waals surface area (Å²) in [6.45, 7) is 2.19.